The van der Waals surface area contributed by atoms with Crippen molar-refractivity contribution in [1.82, 2.24) is 13.6 Å². The topological polar surface area (TPSA) is 29.0 Å². The van der Waals surface area contributed by atoms with Gasteiger partial charge in [-0.15, -0.1) is 11.3 Å². The number of thiophene rings is 1. The highest BCUT2D eigenvalue weighted by Gasteiger charge is 2.37. The third kappa shape index (κ3) is 2.91. The van der Waals surface area contributed by atoms with Crippen LogP contribution < -0.4 is 0 Å². The molecule has 112 valence electrons. The Hall–Kier alpha value is -0.780. The zero-order valence-electron chi connectivity index (χ0n) is 12.2. The molecule has 0 saturated carbocycles. The van der Waals surface area contributed by atoms with Gasteiger partial charge in [-0.2, -0.15) is 8.75 Å². The first-order valence-corrected chi connectivity index (χ1v) is 9.57. The first-order chi connectivity index (χ1) is 10.4. The summed E-state index contributed by atoms with van der Waals surface area (Å²) in [5, 5.41) is 2.17. The van der Waals surface area contributed by atoms with E-state index in [1.54, 1.807) is 0 Å². The Morgan fingerprint density at radius 2 is 2.10 bits per heavy atom. The fourth-order valence-corrected chi connectivity index (χ4v) is 5.23. The lowest BCUT2D eigenvalue weighted by Crippen LogP contribution is -2.46. The molecule has 2 bridgehead atoms. The summed E-state index contributed by atoms with van der Waals surface area (Å²) >= 11 is 3.28. The van der Waals surface area contributed by atoms with Gasteiger partial charge in [0.15, 0.2) is 0 Å². The second kappa shape index (κ2) is 6.15. The lowest BCUT2D eigenvalue weighted by molar-refractivity contribution is 0.0853. The Bertz CT molecular complexity index is 570. The van der Waals surface area contributed by atoms with Crippen molar-refractivity contribution in [1.29, 1.82) is 0 Å². The van der Waals surface area contributed by atoms with Gasteiger partial charge in [-0.25, -0.2) is 0 Å². The molecule has 1 unspecified atom stereocenters. The third-order valence-corrected chi connectivity index (χ3v) is 6.53. The van der Waals surface area contributed by atoms with Crippen LogP contribution in [0.15, 0.2) is 17.5 Å². The van der Waals surface area contributed by atoms with Crippen LogP contribution in [0.3, 0.4) is 0 Å². The molecule has 3 aliphatic rings. The number of aryl methyl sites for hydroxylation is 2. The minimum Gasteiger partial charge on any atom is -0.303 e. The summed E-state index contributed by atoms with van der Waals surface area (Å²) in [6, 6.07) is 4.38. The highest BCUT2D eigenvalue weighted by molar-refractivity contribution is 7.09. The van der Waals surface area contributed by atoms with Crippen molar-refractivity contribution in [2.75, 3.05) is 19.6 Å². The van der Waals surface area contributed by atoms with Gasteiger partial charge in [0.05, 0.1) is 23.1 Å². The van der Waals surface area contributed by atoms with E-state index in [1.165, 1.54) is 73.3 Å². The van der Waals surface area contributed by atoms with Crippen LogP contribution in [0.1, 0.15) is 41.4 Å². The highest BCUT2D eigenvalue weighted by Crippen LogP contribution is 2.39. The maximum Gasteiger partial charge on any atom is 0.0821 e. The molecule has 0 amide bonds. The molecule has 5 heteroatoms. The van der Waals surface area contributed by atoms with E-state index >= 15 is 0 Å². The van der Waals surface area contributed by atoms with Crippen LogP contribution in [-0.2, 0) is 12.8 Å². The van der Waals surface area contributed by atoms with E-state index in [4.69, 9.17) is 0 Å². The predicted molar refractivity (Wildman–Crippen MR) is 88.2 cm³/mol. The number of fused-ring (bicyclic) bond motifs is 3. The monoisotopic (exact) mass is 319 g/mol. The van der Waals surface area contributed by atoms with E-state index in [0.717, 1.165) is 12.3 Å². The number of rotatable bonds is 5. The van der Waals surface area contributed by atoms with Crippen LogP contribution in [0.5, 0.6) is 0 Å². The van der Waals surface area contributed by atoms with Crippen LogP contribution in [0.25, 0.3) is 0 Å². The van der Waals surface area contributed by atoms with Gasteiger partial charge in [0, 0.05) is 17.3 Å². The number of hydrogen-bond donors (Lipinski definition) is 0. The van der Waals surface area contributed by atoms with Crippen LogP contribution in [0.2, 0.25) is 0 Å². The molecule has 1 atom stereocenters. The lowest BCUT2D eigenvalue weighted by Gasteiger charge is -2.44. The lowest BCUT2D eigenvalue weighted by atomic mass is 9.77. The Labute approximate surface area is 134 Å². The summed E-state index contributed by atoms with van der Waals surface area (Å²) in [6.45, 7) is 3.81. The molecule has 0 aromatic carbocycles. The van der Waals surface area contributed by atoms with Crippen LogP contribution in [0, 0.1) is 5.92 Å². The molecule has 3 fully saturated rings. The smallest absolute Gasteiger partial charge is 0.0821 e. The van der Waals surface area contributed by atoms with Crippen molar-refractivity contribution >= 4 is 23.1 Å². The summed E-state index contributed by atoms with van der Waals surface area (Å²) in [7, 11) is 0. The molecule has 3 nitrogen and oxygen atoms in total. The van der Waals surface area contributed by atoms with Crippen molar-refractivity contribution in [3.63, 3.8) is 0 Å². The number of aromatic nitrogens is 2. The molecule has 21 heavy (non-hydrogen) atoms. The fraction of sp³-hybridized carbons (Fsp3) is 0.625. The van der Waals surface area contributed by atoms with E-state index in [9.17, 15) is 0 Å². The Balaban J connectivity index is 1.41. The fourth-order valence-electron chi connectivity index (χ4n) is 3.83. The predicted octanol–water partition coefficient (Wildman–Crippen LogP) is 3.58. The summed E-state index contributed by atoms with van der Waals surface area (Å²) < 4.78 is 9.29. The second-order valence-corrected chi connectivity index (χ2v) is 7.83. The second-order valence-electron chi connectivity index (χ2n) is 6.27. The molecule has 0 aliphatic carbocycles. The third-order valence-electron chi connectivity index (χ3n) is 5.01. The molecule has 2 aromatic rings. The normalized spacial score (nSPS) is 28.1. The average Bonchev–Trinajstić information content (AvgIpc) is 3.20. The molecule has 5 rings (SSSR count). The molecular weight excluding hydrogens is 298 g/mol. The number of piperidine rings is 3. The summed E-state index contributed by atoms with van der Waals surface area (Å²) in [5.41, 5.74) is 2.62. The first-order valence-electron chi connectivity index (χ1n) is 7.96. The molecule has 5 heterocycles. The molecule has 0 spiro atoms. The minimum atomic E-state index is 0.656. The molecule has 0 radical (unpaired) electrons. The van der Waals surface area contributed by atoms with Gasteiger partial charge in [-0.05, 0) is 62.6 Å². The summed E-state index contributed by atoms with van der Waals surface area (Å²) in [6.07, 6.45) is 6.18. The van der Waals surface area contributed by atoms with Gasteiger partial charge in [0.1, 0.15) is 0 Å². The van der Waals surface area contributed by atoms with Crippen LogP contribution >= 0.6 is 23.1 Å². The number of hydrogen-bond acceptors (Lipinski definition) is 5. The van der Waals surface area contributed by atoms with Gasteiger partial charge in [0.2, 0.25) is 0 Å². The van der Waals surface area contributed by atoms with Crippen molar-refractivity contribution < 1.29 is 0 Å². The summed E-state index contributed by atoms with van der Waals surface area (Å²) in [4.78, 5) is 4.10. The van der Waals surface area contributed by atoms with Crippen molar-refractivity contribution in [2.24, 2.45) is 5.92 Å². The molecule has 2 aromatic heterocycles. The van der Waals surface area contributed by atoms with Crippen LogP contribution in [-0.4, -0.2) is 33.3 Å². The Kier molecular flexibility index (Phi) is 4.05. The average molecular weight is 319 g/mol. The standard InChI is InChI=1S/C16H21N3S2/c1(3-13-4-2-10-20-13)5-15-16(18-21-17-15)14-11-19-8-6-12(14)7-9-19/h2,4,10,12,14H,1,3,5-9,11H2. The van der Waals surface area contributed by atoms with Gasteiger partial charge in [-0.3, -0.25) is 0 Å². The molecule has 3 aliphatic heterocycles. The zero-order valence-corrected chi connectivity index (χ0v) is 13.8. The van der Waals surface area contributed by atoms with E-state index in [-0.39, 0.29) is 0 Å². The zero-order chi connectivity index (χ0) is 14.1. The van der Waals surface area contributed by atoms with Crippen molar-refractivity contribution in [3.8, 4) is 0 Å². The Morgan fingerprint density at radius 3 is 2.81 bits per heavy atom. The quantitative estimate of drug-likeness (QED) is 0.843. The minimum absolute atomic E-state index is 0.656. The molecule has 3 saturated heterocycles. The maximum absolute atomic E-state index is 4.68. The highest BCUT2D eigenvalue weighted by atomic mass is 32.1. The SMILES string of the molecule is c1csc(CCCc2nsnc2C2CN3CCC2CC3)c1. The molecular formula is C16H21N3S2. The van der Waals surface area contributed by atoms with E-state index < -0.39 is 0 Å². The van der Waals surface area contributed by atoms with E-state index in [1.807, 2.05) is 11.3 Å². The Morgan fingerprint density at radius 1 is 1.19 bits per heavy atom. The van der Waals surface area contributed by atoms with E-state index in [2.05, 4.69) is 31.2 Å². The van der Waals surface area contributed by atoms with Gasteiger partial charge < -0.3 is 4.90 Å². The first kappa shape index (κ1) is 13.9. The van der Waals surface area contributed by atoms with Gasteiger partial charge in [-0.1, -0.05) is 6.07 Å². The largest absolute Gasteiger partial charge is 0.303 e. The van der Waals surface area contributed by atoms with E-state index in [0.29, 0.717) is 5.92 Å². The maximum atomic E-state index is 4.68. The van der Waals surface area contributed by atoms with Gasteiger partial charge in [0.25, 0.3) is 0 Å². The molecule has 0 N–H and O–H groups in total. The number of nitrogens with zero attached hydrogens (tertiary/aromatic N) is 3. The van der Waals surface area contributed by atoms with Gasteiger partial charge >= 0.3 is 0 Å². The van der Waals surface area contributed by atoms with Crippen molar-refractivity contribution in [2.45, 2.75) is 38.0 Å². The van der Waals surface area contributed by atoms with Crippen molar-refractivity contribution in [3.05, 3.63) is 33.8 Å². The van der Waals surface area contributed by atoms with Crippen LogP contribution in [0.4, 0.5) is 0 Å². The summed E-state index contributed by atoms with van der Waals surface area (Å²) in [5.74, 6) is 1.51.